The third-order valence-corrected chi connectivity index (χ3v) is 6.43. The van der Waals surface area contributed by atoms with Gasteiger partial charge in [0.2, 0.25) is 0 Å². The third kappa shape index (κ3) is 5.50. The molecule has 1 fully saturated rings. The maximum absolute atomic E-state index is 12.8. The van der Waals surface area contributed by atoms with E-state index in [9.17, 15) is 19.6 Å². The summed E-state index contributed by atoms with van der Waals surface area (Å²) in [5.74, 6) is -0.778. The molecule has 1 aliphatic heterocycles. The Morgan fingerprint density at radius 2 is 1.97 bits per heavy atom. The van der Waals surface area contributed by atoms with Crippen LogP contribution in [0.15, 0.2) is 29.1 Å². The average molecular weight is 470 g/mol. The minimum absolute atomic E-state index is 0.0267. The standard InChI is InChI=1S/C23H27N5O4S/c1-4-28-21(30)19(33-22(28)18(14-24)23(31)32-5-2)15-25-17-8-6-7-16(13-17)20(29)27-11-9-26(3)10-12-27/h6-8,13,15,25H,4-5,9-12H2,1-3H3. The molecule has 3 rings (SSSR count). The largest absolute Gasteiger partial charge is 0.462 e. The highest BCUT2D eigenvalue weighted by molar-refractivity contribution is 7.07. The molecule has 0 bridgehead atoms. The van der Waals surface area contributed by atoms with Gasteiger partial charge in [0, 0.05) is 50.2 Å². The first-order chi connectivity index (χ1) is 15.9. The van der Waals surface area contributed by atoms with Crippen LogP contribution in [0, 0.1) is 11.3 Å². The van der Waals surface area contributed by atoms with Crippen LogP contribution in [0.5, 0.6) is 0 Å². The second-order valence-electron chi connectivity index (χ2n) is 7.49. The predicted molar refractivity (Wildman–Crippen MR) is 127 cm³/mol. The van der Waals surface area contributed by atoms with Gasteiger partial charge in [-0.1, -0.05) is 6.07 Å². The van der Waals surface area contributed by atoms with Gasteiger partial charge in [-0.05, 0) is 39.1 Å². The lowest BCUT2D eigenvalue weighted by Gasteiger charge is -2.32. The Morgan fingerprint density at radius 1 is 1.24 bits per heavy atom. The molecule has 2 heterocycles. The van der Waals surface area contributed by atoms with Gasteiger partial charge in [-0.2, -0.15) is 5.26 Å². The minimum atomic E-state index is -0.752. The Bertz CT molecular complexity index is 1250. The third-order valence-electron chi connectivity index (χ3n) is 5.30. The summed E-state index contributed by atoms with van der Waals surface area (Å²) >= 11 is 1.04. The molecule has 1 aromatic heterocycles. The maximum Gasteiger partial charge on any atom is 0.351 e. The lowest BCUT2D eigenvalue weighted by atomic mass is 10.1. The van der Waals surface area contributed by atoms with Gasteiger partial charge in [0.25, 0.3) is 11.5 Å². The van der Waals surface area contributed by atoms with Gasteiger partial charge in [-0.3, -0.25) is 14.2 Å². The van der Waals surface area contributed by atoms with E-state index in [1.165, 1.54) is 10.8 Å². The molecule has 0 atom stereocenters. The number of amides is 1. The van der Waals surface area contributed by atoms with Crippen LogP contribution in [0.3, 0.4) is 0 Å². The monoisotopic (exact) mass is 469 g/mol. The van der Waals surface area contributed by atoms with Crippen molar-refractivity contribution >= 4 is 40.7 Å². The maximum atomic E-state index is 12.8. The van der Waals surface area contributed by atoms with Gasteiger partial charge < -0.3 is 19.9 Å². The quantitative estimate of drug-likeness (QED) is 0.611. The second-order valence-corrected chi connectivity index (χ2v) is 8.52. The fourth-order valence-corrected chi connectivity index (χ4v) is 4.54. The van der Waals surface area contributed by atoms with E-state index in [2.05, 4.69) is 10.2 Å². The molecule has 1 N–H and O–H groups in total. The number of hydrogen-bond donors (Lipinski definition) is 1. The fraction of sp³-hybridized carbons (Fsp3) is 0.391. The average Bonchev–Trinajstić information content (AvgIpc) is 3.13. The Balaban J connectivity index is 1.90. The number of anilines is 1. The van der Waals surface area contributed by atoms with Crippen LogP contribution in [0.25, 0.3) is 11.8 Å². The molecular weight excluding hydrogens is 442 g/mol. The molecule has 0 unspecified atom stereocenters. The van der Waals surface area contributed by atoms with Crippen LogP contribution >= 0.6 is 11.3 Å². The van der Waals surface area contributed by atoms with Gasteiger partial charge in [0.1, 0.15) is 15.3 Å². The van der Waals surface area contributed by atoms with Crippen molar-refractivity contribution in [2.24, 2.45) is 0 Å². The Morgan fingerprint density at radius 3 is 2.61 bits per heavy atom. The van der Waals surface area contributed by atoms with Gasteiger partial charge >= 0.3 is 5.97 Å². The molecule has 1 aliphatic rings. The summed E-state index contributed by atoms with van der Waals surface area (Å²) in [7, 11) is 2.04. The SMILES string of the molecule is CCOC(=O)C(C#N)=c1sc(=CNc2cccc(C(=O)N3CCN(C)CC3)c2)c(=O)n1CC. The van der Waals surface area contributed by atoms with E-state index in [1.54, 1.807) is 38.1 Å². The zero-order valence-electron chi connectivity index (χ0n) is 19.0. The summed E-state index contributed by atoms with van der Waals surface area (Å²) in [5.41, 5.74) is 0.715. The summed E-state index contributed by atoms with van der Waals surface area (Å²) in [4.78, 5) is 41.8. The Kier molecular flexibility index (Phi) is 8.03. The number of benzene rings is 1. The molecule has 2 aromatic rings. The van der Waals surface area contributed by atoms with Gasteiger partial charge in [0.05, 0.1) is 6.61 Å². The number of carbonyl (C=O) groups excluding carboxylic acids is 2. The van der Waals surface area contributed by atoms with E-state index in [0.717, 1.165) is 24.4 Å². The molecule has 174 valence electrons. The molecule has 0 radical (unpaired) electrons. The normalized spacial score (nSPS) is 15.7. The summed E-state index contributed by atoms with van der Waals surface area (Å²) in [5, 5.41) is 12.5. The molecular formula is C23H27N5O4S. The van der Waals surface area contributed by atoms with Crippen molar-refractivity contribution in [3.63, 3.8) is 0 Å². The lowest BCUT2D eigenvalue weighted by molar-refractivity contribution is -0.136. The van der Waals surface area contributed by atoms with Crippen molar-refractivity contribution in [2.75, 3.05) is 45.2 Å². The number of nitrogens with zero attached hydrogens (tertiary/aromatic N) is 4. The van der Waals surface area contributed by atoms with Crippen LogP contribution in [-0.2, 0) is 16.1 Å². The van der Waals surface area contributed by atoms with Crippen LogP contribution < -0.4 is 20.1 Å². The number of ether oxygens (including phenoxy) is 1. The van der Waals surface area contributed by atoms with Crippen LogP contribution in [-0.4, -0.2) is 66.1 Å². The Labute approximate surface area is 195 Å². The van der Waals surface area contributed by atoms with Crippen LogP contribution in [0.1, 0.15) is 24.2 Å². The molecule has 10 heteroatoms. The van der Waals surface area contributed by atoms with Crippen molar-refractivity contribution < 1.29 is 14.3 Å². The summed E-state index contributed by atoms with van der Waals surface area (Å²) in [6, 6.07) is 8.96. The highest BCUT2D eigenvalue weighted by Crippen LogP contribution is 2.14. The minimum Gasteiger partial charge on any atom is -0.462 e. The van der Waals surface area contributed by atoms with Crippen molar-refractivity contribution in [3.05, 3.63) is 49.4 Å². The zero-order valence-corrected chi connectivity index (χ0v) is 19.8. The highest BCUT2D eigenvalue weighted by atomic mass is 32.1. The molecule has 33 heavy (non-hydrogen) atoms. The topological polar surface area (TPSA) is 108 Å². The smallest absolute Gasteiger partial charge is 0.351 e. The van der Waals surface area contributed by atoms with E-state index in [0.29, 0.717) is 35.4 Å². The molecule has 1 aromatic carbocycles. The van der Waals surface area contributed by atoms with E-state index in [-0.39, 0.29) is 28.3 Å². The summed E-state index contributed by atoms with van der Waals surface area (Å²) in [6.07, 6.45) is 1.53. The Hall–Kier alpha value is -3.42. The van der Waals surface area contributed by atoms with Gasteiger partial charge in [-0.15, -0.1) is 11.3 Å². The number of piperazine rings is 1. The van der Waals surface area contributed by atoms with E-state index >= 15 is 0 Å². The molecule has 9 nitrogen and oxygen atoms in total. The second kappa shape index (κ2) is 10.9. The first-order valence-electron chi connectivity index (χ1n) is 10.7. The number of hydrogen-bond acceptors (Lipinski definition) is 8. The van der Waals surface area contributed by atoms with E-state index in [1.807, 2.05) is 18.0 Å². The van der Waals surface area contributed by atoms with Gasteiger partial charge in [-0.25, -0.2) is 4.79 Å². The van der Waals surface area contributed by atoms with Gasteiger partial charge in [0.15, 0.2) is 5.57 Å². The number of aromatic nitrogens is 1. The fourth-order valence-electron chi connectivity index (χ4n) is 3.46. The van der Waals surface area contributed by atoms with Crippen LogP contribution in [0.2, 0.25) is 0 Å². The summed E-state index contributed by atoms with van der Waals surface area (Å²) < 4.78 is 6.92. The highest BCUT2D eigenvalue weighted by Gasteiger charge is 2.20. The van der Waals surface area contributed by atoms with Crippen molar-refractivity contribution in [1.82, 2.24) is 14.4 Å². The number of likely N-dealkylation sites (N-methyl/N-ethyl adjacent to an activating group) is 1. The number of rotatable bonds is 6. The number of esters is 1. The molecule has 0 aliphatic carbocycles. The number of nitrogens with one attached hydrogen (secondary N) is 1. The predicted octanol–water partition coefficient (Wildman–Crippen LogP) is 0.405. The van der Waals surface area contributed by atoms with Crippen molar-refractivity contribution in [1.29, 1.82) is 5.26 Å². The first-order valence-corrected chi connectivity index (χ1v) is 11.6. The molecule has 0 saturated carbocycles. The van der Waals surface area contributed by atoms with E-state index in [4.69, 9.17) is 4.74 Å². The number of nitriles is 1. The van der Waals surface area contributed by atoms with E-state index < -0.39 is 5.97 Å². The number of carbonyl (C=O) groups is 2. The van der Waals surface area contributed by atoms with Crippen molar-refractivity contribution in [3.8, 4) is 6.07 Å². The summed E-state index contributed by atoms with van der Waals surface area (Å²) in [6.45, 7) is 6.92. The molecule has 1 saturated heterocycles. The first kappa shape index (κ1) is 24.2. The van der Waals surface area contributed by atoms with Crippen molar-refractivity contribution in [2.45, 2.75) is 20.4 Å². The zero-order chi connectivity index (χ0) is 24.0. The molecule has 0 spiro atoms. The lowest BCUT2D eigenvalue weighted by Crippen LogP contribution is -2.47. The van der Waals surface area contributed by atoms with Crippen LogP contribution in [0.4, 0.5) is 5.69 Å². The molecule has 1 amide bonds. The number of thiazole rings is 1.